The Morgan fingerprint density at radius 3 is 2.91 bits per heavy atom. The molecule has 0 unspecified atom stereocenters. The molecule has 0 heterocycles. The topological polar surface area (TPSA) is 17.1 Å². The van der Waals surface area contributed by atoms with Gasteiger partial charge < -0.3 is 0 Å². The van der Waals surface area contributed by atoms with Crippen LogP contribution in [0.3, 0.4) is 0 Å². The van der Waals surface area contributed by atoms with Gasteiger partial charge in [-0.3, -0.25) is 4.79 Å². The molecule has 116 valence electrons. The Hall–Kier alpha value is -1.29. The van der Waals surface area contributed by atoms with Gasteiger partial charge in [0.25, 0.3) is 0 Å². The van der Waals surface area contributed by atoms with Crippen LogP contribution in [0.4, 0.5) is 0 Å². The molecule has 0 spiro atoms. The highest BCUT2D eigenvalue weighted by molar-refractivity contribution is 5.93. The number of ketones is 1. The van der Waals surface area contributed by atoms with E-state index in [1.807, 2.05) is 13.0 Å². The van der Waals surface area contributed by atoms with Crippen molar-refractivity contribution in [1.82, 2.24) is 0 Å². The lowest BCUT2D eigenvalue weighted by Crippen LogP contribution is -2.41. The molecule has 4 rings (SSSR count). The van der Waals surface area contributed by atoms with Crippen molar-refractivity contribution >= 4 is 5.78 Å². The summed E-state index contributed by atoms with van der Waals surface area (Å²) in [5, 5.41) is 0. The Labute approximate surface area is 134 Å². The van der Waals surface area contributed by atoms with Gasteiger partial charge in [0.2, 0.25) is 0 Å². The highest BCUT2D eigenvalue weighted by Crippen LogP contribution is 2.61. The molecule has 0 aromatic heterocycles. The fourth-order valence-electron chi connectivity index (χ4n) is 5.89. The first-order valence-corrected chi connectivity index (χ1v) is 9.00. The van der Waals surface area contributed by atoms with Gasteiger partial charge in [-0.15, -0.1) is 5.92 Å². The van der Waals surface area contributed by atoms with Gasteiger partial charge in [0.05, 0.1) is 0 Å². The lowest BCUT2D eigenvalue weighted by atomic mass is 9.55. The molecule has 0 aliphatic heterocycles. The zero-order chi connectivity index (χ0) is 15.3. The molecule has 2 fully saturated rings. The van der Waals surface area contributed by atoms with Crippen LogP contribution < -0.4 is 0 Å². The molecule has 0 saturated heterocycles. The minimum absolute atomic E-state index is 0.322. The van der Waals surface area contributed by atoms with E-state index in [4.69, 9.17) is 0 Å². The third-order valence-electron chi connectivity index (χ3n) is 6.89. The maximum Gasteiger partial charge on any atom is 0.156 e. The van der Waals surface area contributed by atoms with Gasteiger partial charge in [-0.2, -0.15) is 0 Å². The van der Waals surface area contributed by atoms with E-state index in [9.17, 15) is 4.79 Å². The fraction of sp³-hybridized carbons (Fsp3) is 0.667. The summed E-state index contributed by atoms with van der Waals surface area (Å²) in [7, 11) is 0. The minimum atomic E-state index is 0.322. The smallest absolute Gasteiger partial charge is 0.156 e. The van der Waals surface area contributed by atoms with E-state index >= 15 is 0 Å². The number of fused-ring (bicyclic) bond motifs is 4. The van der Waals surface area contributed by atoms with Crippen molar-refractivity contribution in [1.29, 1.82) is 0 Å². The molecule has 4 aliphatic carbocycles. The lowest BCUT2D eigenvalue weighted by molar-refractivity contribution is -0.114. The first-order chi connectivity index (χ1) is 10.6. The number of allylic oxidation sites excluding steroid dienone is 4. The van der Waals surface area contributed by atoms with Gasteiger partial charge in [0.1, 0.15) is 0 Å². The van der Waals surface area contributed by atoms with E-state index in [0.717, 1.165) is 25.2 Å². The molecule has 0 aromatic rings. The second kappa shape index (κ2) is 5.12. The molecule has 4 atom stereocenters. The summed E-state index contributed by atoms with van der Waals surface area (Å²) < 4.78 is 0. The van der Waals surface area contributed by atoms with E-state index in [-0.39, 0.29) is 0 Å². The third-order valence-corrected chi connectivity index (χ3v) is 6.89. The van der Waals surface area contributed by atoms with E-state index < -0.39 is 0 Å². The molecule has 0 radical (unpaired) electrons. The molecule has 0 aromatic carbocycles. The summed E-state index contributed by atoms with van der Waals surface area (Å²) in [6, 6.07) is 0. The van der Waals surface area contributed by atoms with Crippen molar-refractivity contribution in [2.75, 3.05) is 0 Å². The maximum atomic E-state index is 11.8. The van der Waals surface area contributed by atoms with Crippen LogP contribution in [0.2, 0.25) is 0 Å². The van der Waals surface area contributed by atoms with Crippen molar-refractivity contribution in [2.45, 2.75) is 65.2 Å². The van der Waals surface area contributed by atoms with Gasteiger partial charge in [-0.25, -0.2) is 0 Å². The maximum absolute atomic E-state index is 11.8. The monoisotopic (exact) mass is 294 g/mol. The van der Waals surface area contributed by atoms with Gasteiger partial charge in [-0.05, 0) is 79.9 Å². The van der Waals surface area contributed by atoms with Gasteiger partial charge >= 0.3 is 0 Å². The summed E-state index contributed by atoms with van der Waals surface area (Å²) in [5.74, 6) is 8.98. The molecule has 0 N–H and O–H groups in total. The second-order valence-electron chi connectivity index (χ2n) is 8.02. The SMILES string of the molecule is CC#C[C@@H]1CC2=CC(=O)CCC2=C2CC[C@]3(C)CCC[C@H]3[C@@H]21. The third kappa shape index (κ3) is 2.03. The van der Waals surface area contributed by atoms with Crippen LogP contribution in [0.1, 0.15) is 65.2 Å². The number of rotatable bonds is 0. The van der Waals surface area contributed by atoms with E-state index in [2.05, 4.69) is 18.8 Å². The average Bonchev–Trinajstić information content (AvgIpc) is 2.88. The number of carbonyl (C=O) groups is 1. The van der Waals surface area contributed by atoms with Crippen molar-refractivity contribution in [3.8, 4) is 11.8 Å². The molecule has 2 saturated carbocycles. The summed E-state index contributed by atoms with van der Waals surface area (Å²) in [6.07, 6.45) is 11.5. The first kappa shape index (κ1) is 14.3. The largest absolute Gasteiger partial charge is 0.295 e. The zero-order valence-electron chi connectivity index (χ0n) is 13.9. The standard InChI is InChI=1S/C21H26O/c1-3-5-14-12-15-13-16(22)7-8-17(15)18-9-11-21(2)10-4-6-19(21)20(14)18/h13-14,19-20H,4,6-12H2,1-2H3/t14-,19+,20-,21+/m1/s1. The summed E-state index contributed by atoms with van der Waals surface area (Å²) >= 11 is 0. The van der Waals surface area contributed by atoms with Crippen LogP contribution in [0.25, 0.3) is 0 Å². The van der Waals surface area contributed by atoms with E-state index in [1.54, 1.807) is 11.1 Å². The normalized spacial score (nSPS) is 40.2. The van der Waals surface area contributed by atoms with Crippen LogP contribution in [0.15, 0.2) is 22.8 Å². The van der Waals surface area contributed by atoms with Crippen molar-refractivity contribution in [2.24, 2.45) is 23.2 Å². The molecular weight excluding hydrogens is 268 g/mol. The highest BCUT2D eigenvalue weighted by Gasteiger charge is 2.51. The van der Waals surface area contributed by atoms with Crippen LogP contribution in [0.5, 0.6) is 0 Å². The van der Waals surface area contributed by atoms with E-state index in [0.29, 0.717) is 23.0 Å². The van der Waals surface area contributed by atoms with Crippen molar-refractivity contribution in [3.05, 3.63) is 22.8 Å². The van der Waals surface area contributed by atoms with Crippen LogP contribution >= 0.6 is 0 Å². The lowest BCUT2D eigenvalue weighted by Gasteiger charge is -2.49. The first-order valence-electron chi connectivity index (χ1n) is 9.00. The molecule has 0 amide bonds. The Bertz CT molecular complexity index is 639. The molecular formula is C21H26O. The Morgan fingerprint density at radius 1 is 1.23 bits per heavy atom. The van der Waals surface area contributed by atoms with Crippen LogP contribution in [-0.2, 0) is 4.79 Å². The zero-order valence-corrected chi connectivity index (χ0v) is 13.9. The van der Waals surface area contributed by atoms with E-state index in [1.165, 1.54) is 37.7 Å². The molecule has 22 heavy (non-hydrogen) atoms. The number of hydrogen-bond acceptors (Lipinski definition) is 1. The molecule has 1 heteroatoms. The Morgan fingerprint density at radius 2 is 2.09 bits per heavy atom. The molecule has 4 aliphatic rings. The minimum Gasteiger partial charge on any atom is -0.295 e. The van der Waals surface area contributed by atoms with Gasteiger partial charge in [0.15, 0.2) is 5.78 Å². The highest BCUT2D eigenvalue weighted by atomic mass is 16.1. The van der Waals surface area contributed by atoms with Gasteiger partial charge in [0, 0.05) is 12.3 Å². The summed E-state index contributed by atoms with van der Waals surface area (Å²) in [4.78, 5) is 11.8. The van der Waals surface area contributed by atoms with Crippen molar-refractivity contribution < 1.29 is 4.79 Å². The summed E-state index contributed by atoms with van der Waals surface area (Å²) in [6.45, 7) is 4.49. The molecule has 0 bridgehead atoms. The van der Waals surface area contributed by atoms with Crippen molar-refractivity contribution in [3.63, 3.8) is 0 Å². The number of carbonyl (C=O) groups excluding carboxylic acids is 1. The number of hydrogen-bond donors (Lipinski definition) is 0. The predicted octanol–water partition coefficient (Wildman–Crippen LogP) is 4.83. The predicted molar refractivity (Wildman–Crippen MR) is 89.1 cm³/mol. The Balaban J connectivity index is 1.83. The molecule has 1 nitrogen and oxygen atoms in total. The Kier molecular flexibility index (Phi) is 3.33. The second-order valence-corrected chi connectivity index (χ2v) is 8.02. The quantitative estimate of drug-likeness (QED) is 0.585. The average molecular weight is 294 g/mol. The fourth-order valence-corrected chi connectivity index (χ4v) is 5.89. The van der Waals surface area contributed by atoms with Gasteiger partial charge in [-0.1, -0.05) is 24.8 Å². The summed E-state index contributed by atoms with van der Waals surface area (Å²) in [5.41, 5.74) is 5.14. The van der Waals surface area contributed by atoms with Crippen LogP contribution in [0, 0.1) is 35.0 Å². The van der Waals surface area contributed by atoms with Crippen LogP contribution in [-0.4, -0.2) is 5.78 Å².